The Kier molecular flexibility index (Phi) is 5.16. The van der Waals surface area contributed by atoms with Gasteiger partial charge in [-0.15, -0.1) is 11.6 Å². The summed E-state index contributed by atoms with van der Waals surface area (Å²) in [6.07, 6.45) is 0. The lowest BCUT2D eigenvalue weighted by atomic mass is 9.80. The van der Waals surface area contributed by atoms with Crippen LogP contribution < -0.4 is 4.74 Å². The number of hydrogen-bond donors (Lipinski definition) is 0. The molecule has 0 aliphatic carbocycles. The largest absolute Gasteiger partial charge is 0.497 e. The van der Waals surface area contributed by atoms with Gasteiger partial charge >= 0.3 is 0 Å². The highest BCUT2D eigenvalue weighted by Gasteiger charge is 2.21. The number of alkyl halides is 1. The third-order valence-electron chi connectivity index (χ3n) is 3.93. The van der Waals surface area contributed by atoms with Crippen LogP contribution in [-0.2, 0) is 5.88 Å². The fourth-order valence-corrected chi connectivity index (χ4v) is 2.57. The molecule has 0 bridgehead atoms. The van der Waals surface area contributed by atoms with Gasteiger partial charge in [-0.25, -0.2) is 4.39 Å². The first-order valence-corrected chi connectivity index (χ1v) is 8.04. The van der Waals surface area contributed by atoms with Gasteiger partial charge in [0.05, 0.1) is 7.11 Å². The molecule has 1 nitrogen and oxygen atoms in total. The number of rotatable bonds is 4. The molecule has 0 atom stereocenters. The molecule has 122 valence electrons. The molecule has 0 aliphatic rings. The van der Waals surface area contributed by atoms with Gasteiger partial charge in [-0.2, -0.15) is 0 Å². The molecule has 2 aromatic rings. The second-order valence-electron chi connectivity index (χ2n) is 6.59. The monoisotopic (exact) mass is 332 g/mol. The molecule has 0 saturated heterocycles. The highest BCUT2D eigenvalue weighted by Crippen LogP contribution is 2.40. The average Bonchev–Trinajstić information content (AvgIpc) is 2.53. The molecule has 0 unspecified atom stereocenters. The maximum absolute atomic E-state index is 14.4. The number of ether oxygens (including phenoxy) is 1. The summed E-state index contributed by atoms with van der Waals surface area (Å²) in [5.41, 5.74) is 4.03. The van der Waals surface area contributed by atoms with Crippen molar-refractivity contribution in [2.45, 2.75) is 26.7 Å². The maximum Gasteiger partial charge on any atom is 0.131 e. The lowest BCUT2D eigenvalue weighted by Crippen LogP contribution is -2.09. The minimum absolute atomic E-state index is 0.130. The van der Waals surface area contributed by atoms with E-state index in [9.17, 15) is 4.39 Å². The summed E-state index contributed by atoms with van der Waals surface area (Å²) in [7, 11) is 1.57. The van der Waals surface area contributed by atoms with Gasteiger partial charge in [0.1, 0.15) is 11.6 Å². The highest BCUT2D eigenvalue weighted by atomic mass is 35.5. The lowest BCUT2D eigenvalue weighted by Gasteiger charge is -2.25. The van der Waals surface area contributed by atoms with Crippen LogP contribution in [0.4, 0.5) is 4.39 Å². The molecule has 0 N–H and O–H groups in total. The van der Waals surface area contributed by atoms with Crippen molar-refractivity contribution >= 4 is 17.2 Å². The first kappa shape index (κ1) is 17.6. The Morgan fingerprint density at radius 1 is 1.13 bits per heavy atom. The van der Waals surface area contributed by atoms with E-state index >= 15 is 0 Å². The van der Waals surface area contributed by atoms with Gasteiger partial charge in [-0.3, -0.25) is 0 Å². The van der Waals surface area contributed by atoms with Crippen molar-refractivity contribution in [1.82, 2.24) is 0 Å². The molecule has 0 radical (unpaired) electrons. The first-order valence-electron chi connectivity index (χ1n) is 7.50. The minimum atomic E-state index is -0.285. The molecule has 2 aromatic carbocycles. The normalized spacial score (nSPS) is 11.4. The van der Waals surface area contributed by atoms with Crippen LogP contribution in [0.3, 0.4) is 0 Å². The van der Waals surface area contributed by atoms with E-state index in [1.165, 1.54) is 6.07 Å². The number of allylic oxidation sites excluding steroid dienone is 1. The highest BCUT2D eigenvalue weighted by molar-refractivity contribution is 6.17. The summed E-state index contributed by atoms with van der Waals surface area (Å²) in [6, 6.07) is 10.6. The van der Waals surface area contributed by atoms with E-state index in [2.05, 4.69) is 27.4 Å². The van der Waals surface area contributed by atoms with Crippen molar-refractivity contribution in [3.63, 3.8) is 0 Å². The zero-order valence-corrected chi connectivity index (χ0v) is 14.8. The minimum Gasteiger partial charge on any atom is -0.497 e. The number of halogens is 2. The quantitative estimate of drug-likeness (QED) is 0.597. The van der Waals surface area contributed by atoms with Gasteiger partial charge in [0, 0.05) is 11.4 Å². The van der Waals surface area contributed by atoms with Crippen LogP contribution in [0.25, 0.3) is 16.7 Å². The Morgan fingerprint density at radius 2 is 1.83 bits per heavy atom. The Morgan fingerprint density at radius 3 is 2.39 bits per heavy atom. The standard InChI is InChI=1S/C20H22ClFO/c1-13(20(2,3)4)17-10-14(12-21)6-8-16(17)18-11-15(23-5)7-9-19(18)22/h6-11H,1,12H2,2-5H3. The molecule has 0 saturated carbocycles. The Labute approximate surface area is 142 Å². The molecular weight excluding hydrogens is 311 g/mol. The fraction of sp³-hybridized carbons (Fsp3) is 0.300. The molecule has 3 heteroatoms. The van der Waals surface area contributed by atoms with Crippen LogP contribution in [0.15, 0.2) is 43.0 Å². The van der Waals surface area contributed by atoms with Crippen molar-refractivity contribution in [3.05, 3.63) is 59.9 Å². The van der Waals surface area contributed by atoms with Crippen LogP contribution in [-0.4, -0.2) is 7.11 Å². The van der Waals surface area contributed by atoms with Crippen LogP contribution in [0.2, 0.25) is 0 Å². The van der Waals surface area contributed by atoms with Crippen molar-refractivity contribution in [1.29, 1.82) is 0 Å². The maximum atomic E-state index is 14.4. The molecular formula is C20H22ClFO. The van der Waals surface area contributed by atoms with E-state index in [0.717, 1.165) is 22.3 Å². The summed E-state index contributed by atoms with van der Waals surface area (Å²) in [6.45, 7) is 10.5. The third kappa shape index (κ3) is 3.76. The van der Waals surface area contributed by atoms with E-state index in [0.29, 0.717) is 17.2 Å². The summed E-state index contributed by atoms with van der Waals surface area (Å²) >= 11 is 5.97. The second-order valence-corrected chi connectivity index (χ2v) is 6.86. The van der Waals surface area contributed by atoms with Crippen LogP contribution >= 0.6 is 11.6 Å². The predicted octanol–water partition coefficient (Wildman–Crippen LogP) is 6.30. The summed E-state index contributed by atoms with van der Waals surface area (Å²) < 4.78 is 19.6. The number of hydrogen-bond acceptors (Lipinski definition) is 1. The molecule has 0 spiro atoms. The fourth-order valence-electron chi connectivity index (χ4n) is 2.40. The number of methoxy groups -OCH3 is 1. The summed E-state index contributed by atoms with van der Waals surface area (Å²) in [4.78, 5) is 0. The Balaban J connectivity index is 2.70. The van der Waals surface area contributed by atoms with E-state index < -0.39 is 0 Å². The molecule has 0 amide bonds. The zero-order valence-electron chi connectivity index (χ0n) is 14.0. The molecule has 2 rings (SSSR count). The molecule has 0 aromatic heterocycles. The van der Waals surface area contributed by atoms with Crippen molar-refractivity contribution < 1.29 is 9.13 Å². The van der Waals surface area contributed by atoms with Crippen molar-refractivity contribution in [3.8, 4) is 16.9 Å². The van der Waals surface area contributed by atoms with Crippen molar-refractivity contribution in [2.24, 2.45) is 5.41 Å². The smallest absolute Gasteiger partial charge is 0.131 e. The van der Waals surface area contributed by atoms with Crippen LogP contribution in [0, 0.1) is 11.2 Å². The van der Waals surface area contributed by atoms with E-state index in [1.54, 1.807) is 19.2 Å². The van der Waals surface area contributed by atoms with Crippen molar-refractivity contribution in [2.75, 3.05) is 7.11 Å². The van der Waals surface area contributed by atoms with Gasteiger partial charge in [-0.05, 0) is 51.9 Å². The van der Waals surface area contributed by atoms with Gasteiger partial charge < -0.3 is 4.74 Å². The molecule has 0 aliphatic heterocycles. The Bertz CT molecular complexity index is 729. The van der Waals surface area contributed by atoms with Gasteiger partial charge in [0.15, 0.2) is 0 Å². The summed E-state index contributed by atoms with van der Waals surface area (Å²) in [5, 5.41) is 0. The molecule has 0 fully saturated rings. The molecule has 0 heterocycles. The van der Waals surface area contributed by atoms with Gasteiger partial charge in [0.25, 0.3) is 0 Å². The van der Waals surface area contributed by atoms with Gasteiger partial charge in [-0.1, -0.05) is 39.5 Å². The van der Waals surface area contributed by atoms with E-state index in [-0.39, 0.29) is 11.2 Å². The third-order valence-corrected chi connectivity index (χ3v) is 4.24. The Hall–Kier alpha value is -1.80. The van der Waals surface area contributed by atoms with E-state index in [1.807, 2.05) is 18.2 Å². The SMILES string of the molecule is C=C(c1cc(CCl)ccc1-c1cc(OC)ccc1F)C(C)(C)C. The van der Waals surface area contributed by atoms with Crippen LogP contribution in [0.1, 0.15) is 31.9 Å². The lowest BCUT2D eigenvalue weighted by molar-refractivity contribution is 0.414. The molecule has 23 heavy (non-hydrogen) atoms. The van der Waals surface area contributed by atoms with E-state index in [4.69, 9.17) is 16.3 Å². The first-order chi connectivity index (χ1) is 10.8. The van der Waals surface area contributed by atoms with Crippen LogP contribution in [0.5, 0.6) is 5.75 Å². The number of benzene rings is 2. The second kappa shape index (κ2) is 6.76. The average molecular weight is 333 g/mol. The topological polar surface area (TPSA) is 9.23 Å². The zero-order chi connectivity index (χ0) is 17.2. The summed E-state index contributed by atoms with van der Waals surface area (Å²) in [5.74, 6) is 0.744. The predicted molar refractivity (Wildman–Crippen MR) is 96.4 cm³/mol. The van der Waals surface area contributed by atoms with Gasteiger partial charge in [0.2, 0.25) is 0 Å².